The van der Waals surface area contributed by atoms with Gasteiger partial charge in [0.1, 0.15) is 0 Å². The van der Waals surface area contributed by atoms with Crippen molar-refractivity contribution in [2.45, 2.75) is 18.3 Å². The lowest BCUT2D eigenvalue weighted by molar-refractivity contribution is 0.0880. The molecule has 1 aromatic carbocycles. The van der Waals surface area contributed by atoms with E-state index in [-0.39, 0.29) is 30.2 Å². The van der Waals surface area contributed by atoms with Crippen LogP contribution in [0.2, 0.25) is 0 Å². The number of halogens is 2. The number of rotatable bonds is 4. The van der Waals surface area contributed by atoms with Gasteiger partial charge in [-0.15, -0.1) is 36.2 Å². The Morgan fingerprint density at radius 1 is 1.21 bits per heavy atom. The average molecular weight is 457 g/mol. The highest BCUT2D eigenvalue weighted by molar-refractivity contribution is 7.13. The van der Waals surface area contributed by atoms with Crippen LogP contribution < -0.4 is 11.1 Å². The number of hydrogen-bond donors (Lipinski definition) is 2. The SMILES string of the molecule is Cl.Cl.Nc1nc(C2(c3ccccc3)CCN(C[C@]34CNC[C@H]3COC4)CC2)cs1. The van der Waals surface area contributed by atoms with Crippen molar-refractivity contribution < 1.29 is 4.74 Å². The van der Waals surface area contributed by atoms with Crippen LogP contribution in [0.4, 0.5) is 5.13 Å². The number of likely N-dealkylation sites (tertiary alicyclic amines) is 1. The highest BCUT2D eigenvalue weighted by Gasteiger charge is 2.49. The first-order valence-electron chi connectivity index (χ1n) is 9.98. The van der Waals surface area contributed by atoms with Gasteiger partial charge in [-0.25, -0.2) is 4.98 Å². The van der Waals surface area contributed by atoms with Crippen LogP contribution in [0.3, 0.4) is 0 Å². The van der Waals surface area contributed by atoms with Crippen molar-refractivity contribution in [2.24, 2.45) is 11.3 Å². The topological polar surface area (TPSA) is 63.4 Å². The maximum absolute atomic E-state index is 5.99. The van der Waals surface area contributed by atoms with Crippen molar-refractivity contribution in [3.05, 3.63) is 47.0 Å². The van der Waals surface area contributed by atoms with Gasteiger partial charge in [0.15, 0.2) is 5.13 Å². The van der Waals surface area contributed by atoms with E-state index in [1.807, 2.05) is 0 Å². The third-order valence-electron chi connectivity index (χ3n) is 7.03. The van der Waals surface area contributed by atoms with E-state index in [2.05, 4.69) is 45.9 Å². The molecule has 3 aliphatic heterocycles. The molecule has 0 aliphatic carbocycles. The summed E-state index contributed by atoms with van der Waals surface area (Å²) in [5.41, 5.74) is 8.82. The fourth-order valence-electron chi connectivity index (χ4n) is 5.39. The van der Waals surface area contributed by atoms with E-state index < -0.39 is 0 Å². The van der Waals surface area contributed by atoms with Gasteiger partial charge >= 0.3 is 0 Å². The molecule has 0 bridgehead atoms. The Morgan fingerprint density at radius 3 is 2.66 bits per heavy atom. The van der Waals surface area contributed by atoms with Crippen LogP contribution >= 0.6 is 36.2 Å². The van der Waals surface area contributed by atoms with Crippen molar-refractivity contribution in [3.8, 4) is 0 Å². The molecular formula is C21H30Cl2N4OS. The first-order valence-corrected chi connectivity index (χ1v) is 10.9. The van der Waals surface area contributed by atoms with E-state index in [9.17, 15) is 0 Å². The molecule has 3 N–H and O–H groups in total. The first kappa shape index (κ1) is 22.8. The zero-order valence-electron chi connectivity index (χ0n) is 16.5. The fourth-order valence-corrected chi connectivity index (χ4v) is 6.05. The summed E-state index contributed by atoms with van der Waals surface area (Å²) in [6.07, 6.45) is 2.18. The summed E-state index contributed by atoms with van der Waals surface area (Å²) < 4.78 is 5.85. The van der Waals surface area contributed by atoms with E-state index in [0.29, 0.717) is 16.5 Å². The number of nitrogens with one attached hydrogen (secondary N) is 1. The minimum Gasteiger partial charge on any atom is -0.380 e. The van der Waals surface area contributed by atoms with Crippen LogP contribution in [0.25, 0.3) is 0 Å². The Bertz CT molecular complexity index is 785. The second-order valence-electron chi connectivity index (χ2n) is 8.50. The van der Waals surface area contributed by atoms with Gasteiger partial charge in [-0.3, -0.25) is 0 Å². The van der Waals surface area contributed by atoms with Crippen LogP contribution in [-0.4, -0.2) is 55.8 Å². The Morgan fingerprint density at radius 2 is 1.97 bits per heavy atom. The minimum absolute atomic E-state index is 0. The highest BCUT2D eigenvalue weighted by atomic mass is 35.5. The summed E-state index contributed by atoms with van der Waals surface area (Å²) >= 11 is 1.56. The maximum Gasteiger partial charge on any atom is 0.180 e. The van der Waals surface area contributed by atoms with Crippen molar-refractivity contribution in [3.63, 3.8) is 0 Å². The zero-order chi connectivity index (χ0) is 18.3. The lowest BCUT2D eigenvalue weighted by atomic mass is 9.70. The molecule has 2 atom stereocenters. The molecule has 1 aromatic heterocycles. The first-order chi connectivity index (χ1) is 13.2. The lowest BCUT2D eigenvalue weighted by Crippen LogP contribution is -2.49. The van der Waals surface area contributed by atoms with Crippen LogP contribution in [0.15, 0.2) is 35.7 Å². The number of anilines is 1. The summed E-state index contributed by atoms with van der Waals surface area (Å²) in [6, 6.07) is 10.9. The minimum atomic E-state index is -0.0109. The monoisotopic (exact) mass is 456 g/mol. The van der Waals surface area contributed by atoms with E-state index >= 15 is 0 Å². The smallest absolute Gasteiger partial charge is 0.180 e. The Hall–Kier alpha value is -0.890. The number of fused-ring (bicyclic) bond motifs is 1. The Labute approximate surface area is 189 Å². The average Bonchev–Trinajstić information content (AvgIpc) is 3.39. The number of aromatic nitrogens is 1. The molecule has 8 heteroatoms. The molecule has 0 radical (unpaired) electrons. The van der Waals surface area contributed by atoms with Gasteiger partial charge in [0.25, 0.3) is 0 Å². The molecule has 3 aliphatic rings. The third kappa shape index (κ3) is 4.03. The molecule has 160 valence electrons. The third-order valence-corrected chi connectivity index (χ3v) is 7.70. The molecule has 4 heterocycles. The lowest BCUT2D eigenvalue weighted by Gasteiger charge is -2.44. The molecule has 0 saturated carbocycles. The number of nitrogen functional groups attached to an aromatic ring is 1. The summed E-state index contributed by atoms with van der Waals surface area (Å²) in [5.74, 6) is 0.677. The molecule has 5 rings (SSSR count). The quantitative estimate of drug-likeness (QED) is 0.739. The summed E-state index contributed by atoms with van der Waals surface area (Å²) in [4.78, 5) is 7.37. The molecule has 0 spiro atoms. The number of nitrogens with zero attached hydrogens (tertiary/aromatic N) is 2. The molecular weight excluding hydrogens is 427 g/mol. The number of thiazole rings is 1. The number of hydrogen-bond acceptors (Lipinski definition) is 6. The van der Waals surface area contributed by atoms with Gasteiger partial charge in [-0.05, 0) is 31.5 Å². The summed E-state index contributed by atoms with van der Waals surface area (Å²) in [7, 11) is 0. The largest absolute Gasteiger partial charge is 0.380 e. The summed E-state index contributed by atoms with van der Waals surface area (Å²) in [6.45, 7) is 7.39. The fraction of sp³-hybridized carbons (Fsp3) is 0.571. The van der Waals surface area contributed by atoms with Crippen molar-refractivity contribution in [1.29, 1.82) is 0 Å². The Kier molecular flexibility index (Phi) is 7.14. The molecule has 0 unspecified atom stereocenters. The number of ether oxygens (including phenoxy) is 1. The Balaban J connectivity index is 0.00000120. The molecule has 5 nitrogen and oxygen atoms in total. The van der Waals surface area contributed by atoms with Gasteiger partial charge in [-0.2, -0.15) is 0 Å². The second-order valence-corrected chi connectivity index (χ2v) is 9.39. The second kappa shape index (κ2) is 9.08. The number of nitrogens with two attached hydrogens (primary N) is 1. The molecule has 2 aromatic rings. The van der Waals surface area contributed by atoms with E-state index in [1.54, 1.807) is 11.3 Å². The van der Waals surface area contributed by atoms with Gasteiger partial charge < -0.3 is 20.7 Å². The van der Waals surface area contributed by atoms with Gasteiger partial charge in [0, 0.05) is 41.8 Å². The molecule has 3 saturated heterocycles. The predicted molar refractivity (Wildman–Crippen MR) is 124 cm³/mol. The van der Waals surface area contributed by atoms with Gasteiger partial charge in [0.05, 0.1) is 18.9 Å². The van der Waals surface area contributed by atoms with Crippen LogP contribution in [-0.2, 0) is 10.2 Å². The van der Waals surface area contributed by atoms with Crippen LogP contribution in [0, 0.1) is 11.3 Å². The standard InChI is InChI=1S/C21H28N4OS.2ClH/c22-19-24-18(12-27-19)21(16-4-2-1-3-5-16)6-8-25(9-7-21)14-20-13-23-10-17(20)11-26-15-20;;/h1-5,12,17,23H,6-11,13-15H2,(H2,22,24);2*1H/t17-,20-;;/m0../s1. The van der Waals surface area contributed by atoms with Crippen molar-refractivity contribution >= 4 is 41.3 Å². The highest BCUT2D eigenvalue weighted by Crippen LogP contribution is 2.44. The van der Waals surface area contributed by atoms with Gasteiger partial charge in [-0.1, -0.05) is 30.3 Å². The molecule has 3 fully saturated rings. The van der Waals surface area contributed by atoms with E-state index in [0.717, 1.165) is 64.5 Å². The maximum atomic E-state index is 5.99. The zero-order valence-corrected chi connectivity index (χ0v) is 19.0. The van der Waals surface area contributed by atoms with E-state index in [4.69, 9.17) is 15.5 Å². The predicted octanol–water partition coefficient (Wildman–Crippen LogP) is 3.19. The van der Waals surface area contributed by atoms with Crippen molar-refractivity contribution in [1.82, 2.24) is 15.2 Å². The normalized spacial score (nSPS) is 28.3. The van der Waals surface area contributed by atoms with E-state index in [1.165, 1.54) is 5.56 Å². The number of piperidine rings is 1. The molecule has 0 amide bonds. The van der Waals surface area contributed by atoms with Crippen molar-refractivity contribution in [2.75, 3.05) is 51.7 Å². The molecule has 29 heavy (non-hydrogen) atoms. The van der Waals surface area contributed by atoms with Gasteiger partial charge in [0.2, 0.25) is 0 Å². The van der Waals surface area contributed by atoms with Crippen LogP contribution in [0.1, 0.15) is 24.1 Å². The van der Waals surface area contributed by atoms with Crippen LogP contribution in [0.5, 0.6) is 0 Å². The summed E-state index contributed by atoms with van der Waals surface area (Å²) in [5, 5.41) is 6.43. The number of benzene rings is 1.